The van der Waals surface area contributed by atoms with Crippen LogP contribution in [-0.2, 0) is 4.74 Å². The number of fused-ring (bicyclic) bond motifs is 1. The maximum absolute atomic E-state index is 5.47. The zero-order valence-electron chi connectivity index (χ0n) is 12.9. The fourth-order valence-electron chi connectivity index (χ4n) is 4.08. The summed E-state index contributed by atoms with van der Waals surface area (Å²) in [6.45, 7) is 15.7. The van der Waals surface area contributed by atoms with Gasteiger partial charge in [-0.1, -0.05) is 0 Å². The van der Waals surface area contributed by atoms with Crippen molar-refractivity contribution in [2.75, 3.05) is 45.9 Å². The Bertz CT molecular complexity index is 292. The van der Waals surface area contributed by atoms with Crippen molar-refractivity contribution in [2.45, 2.75) is 39.2 Å². The summed E-state index contributed by atoms with van der Waals surface area (Å²) in [6.07, 6.45) is 2.56. The lowest BCUT2D eigenvalue weighted by Gasteiger charge is -2.33. The van der Waals surface area contributed by atoms with E-state index in [0.29, 0.717) is 5.54 Å². The summed E-state index contributed by atoms with van der Waals surface area (Å²) in [5.41, 5.74) is 0.357. The molecule has 0 unspecified atom stereocenters. The summed E-state index contributed by atoms with van der Waals surface area (Å²) >= 11 is 0. The van der Waals surface area contributed by atoms with Gasteiger partial charge in [0.1, 0.15) is 0 Å². The summed E-state index contributed by atoms with van der Waals surface area (Å²) in [7, 11) is 0. The summed E-state index contributed by atoms with van der Waals surface area (Å²) in [6, 6.07) is 0. The minimum Gasteiger partial charge on any atom is -0.381 e. The fourth-order valence-corrected chi connectivity index (χ4v) is 4.08. The molecule has 0 spiro atoms. The zero-order chi connectivity index (χ0) is 13.5. The summed E-state index contributed by atoms with van der Waals surface area (Å²) in [5.74, 6) is 2.75. The van der Waals surface area contributed by atoms with Gasteiger partial charge in [-0.15, -0.1) is 0 Å². The van der Waals surface area contributed by atoms with Crippen molar-refractivity contribution in [3.8, 4) is 0 Å². The lowest BCUT2D eigenvalue weighted by atomic mass is 10.00. The van der Waals surface area contributed by atoms with Gasteiger partial charge in [0, 0.05) is 51.5 Å². The van der Waals surface area contributed by atoms with Crippen LogP contribution in [0.15, 0.2) is 0 Å². The van der Waals surface area contributed by atoms with Crippen LogP contribution in [0.3, 0.4) is 0 Å². The van der Waals surface area contributed by atoms with Gasteiger partial charge in [-0.2, -0.15) is 0 Å². The van der Waals surface area contributed by atoms with E-state index in [4.69, 9.17) is 4.74 Å². The highest BCUT2D eigenvalue weighted by Gasteiger charge is 2.43. The molecule has 0 saturated carbocycles. The third-order valence-electron chi connectivity index (χ3n) is 5.37. The van der Waals surface area contributed by atoms with E-state index in [-0.39, 0.29) is 0 Å². The maximum atomic E-state index is 5.47. The van der Waals surface area contributed by atoms with Crippen LogP contribution in [0.5, 0.6) is 0 Å². The number of hydrogen-bond donors (Lipinski definition) is 0. The molecule has 3 nitrogen and oxygen atoms in total. The first-order valence-corrected chi connectivity index (χ1v) is 8.07. The third-order valence-corrected chi connectivity index (χ3v) is 5.37. The highest BCUT2D eigenvalue weighted by atomic mass is 16.5. The predicted molar refractivity (Wildman–Crippen MR) is 78.3 cm³/mol. The van der Waals surface area contributed by atoms with Crippen molar-refractivity contribution in [3.63, 3.8) is 0 Å². The highest BCUT2D eigenvalue weighted by molar-refractivity contribution is 4.96. The summed E-state index contributed by atoms with van der Waals surface area (Å²) < 4.78 is 5.47. The maximum Gasteiger partial charge on any atom is 0.0469 e. The number of ether oxygens (including phenoxy) is 1. The molecule has 3 rings (SSSR count). The van der Waals surface area contributed by atoms with E-state index >= 15 is 0 Å². The van der Waals surface area contributed by atoms with E-state index in [1.165, 1.54) is 45.6 Å². The van der Waals surface area contributed by atoms with Crippen LogP contribution in [0, 0.1) is 17.8 Å². The van der Waals surface area contributed by atoms with E-state index in [0.717, 1.165) is 31.0 Å². The van der Waals surface area contributed by atoms with Crippen molar-refractivity contribution in [3.05, 3.63) is 0 Å². The molecule has 110 valence electrons. The molecule has 0 amide bonds. The average molecular weight is 266 g/mol. The molecule has 3 saturated heterocycles. The molecular weight excluding hydrogens is 236 g/mol. The van der Waals surface area contributed by atoms with Crippen LogP contribution in [0.1, 0.15) is 33.6 Å². The molecule has 0 radical (unpaired) electrons. The molecule has 0 aromatic heterocycles. The second-order valence-corrected chi connectivity index (χ2v) is 7.87. The van der Waals surface area contributed by atoms with Gasteiger partial charge in [0.25, 0.3) is 0 Å². The van der Waals surface area contributed by atoms with Gasteiger partial charge in [0.2, 0.25) is 0 Å². The first-order valence-electron chi connectivity index (χ1n) is 8.07. The minimum atomic E-state index is 0.357. The van der Waals surface area contributed by atoms with Crippen molar-refractivity contribution in [1.29, 1.82) is 0 Å². The quantitative estimate of drug-likeness (QED) is 0.761. The monoisotopic (exact) mass is 266 g/mol. The molecule has 3 aliphatic heterocycles. The van der Waals surface area contributed by atoms with Crippen LogP contribution in [0.25, 0.3) is 0 Å². The Morgan fingerprint density at radius 1 is 0.947 bits per heavy atom. The Hall–Kier alpha value is -0.120. The molecule has 3 aliphatic rings. The second kappa shape index (κ2) is 5.34. The van der Waals surface area contributed by atoms with E-state index in [9.17, 15) is 0 Å². The van der Waals surface area contributed by atoms with Crippen molar-refractivity contribution in [2.24, 2.45) is 17.8 Å². The van der Waals surface area contributed by atoms with Gasteiger partial charge in [0.15, 0.2) is 0 Å². The molecule has 3 heterocycles. The smallest absolute Gasteiger partial charge is 0.0469 e. The van der Waals surface area contributed by atoms with Gasteiger partial charge in [-0.25, -0.2) is 0 Å². The van der Waals surface area contributed by atoms with Gasteiger partial charge in [-0.05, 0) is 51.4 Å². The van der Waals surface area contributed by atoms with E-state index in [2.05, 4.69) is 30.6 Å². The molecule has 2 atom stereocenters. The first-order chi connectivity index (χ1) is 9.02. The third kappa shape index (κ3) is 3.14. The normalized spacial score (nSPS) is 34.9. The Kier molecular flexibility index (Phi) is 3.89. The minimum absolute atomic E-state index is 0.357. The lowest BCUT2D eigenvalue weighted by Crippen LogP contribution is -2.42. The van der Waals surface area contributed by atoms with Crippen LogP contribution >= 0.6 is 0 Å². The average Bonchev–Trinajstić information content (AvgIpc) is 2.87. The standard InChI is InChI=1S/C16H30N2O/c1-16(2,3)18-11-14-9-17(10-15(14)12-18)8-13-4-6-19-7-5-13/h13-15H,4-12H2,1-3H3/t14-,15+. The summed E-state index contributed by atoms with van der Waals surface area (Å²) in [4.78, 5) is 5.43. The zero-order valence-corrected chi connectivity index (χ0v) is 12.9. The predicted octanol–water partition coefficient (Wildman–Crippen LogP) is 2.08. The Morgan fingerprint density at radius 2 is 1.53 bits per heavy atom. The number of likely N-dealkylation sites (tertiary alicyclic amines) is 2. The van der Waals surface area contributed by atoms with E-state index in [1.54, 1.807) is 0 Å². The molecule has 0 bridgehead atoms. The Morgan fingerprint density at radius 3 is 2.05 bits per heavy atom. The topological polar surface area (TPSA) is 15.7 Å². The molecule has 0 N–H and O–H groups in total. The Labute approximate surface area is 118 Å². The van der Waals surface area contributed by atoms with Gasteiger partial charge in [0.05, 0.1) is 0 Å². The summed E-state index contributed by atoms with van der Waals surface area (Å²) in [5, 5.41) is 0. The van der Waals surface area contributed by atoms with Crippen molar-refractivity contribution < 1.29 is 4.74 Å². The van der Waals surface area contributed by atoms with Gasteiger partial charge >= 0.3 is 0 Å². The highest BCUT2D eigenvalue weighted by Crippen LogP contribution is 2.35. The lowest BCUT2D eigenvalue weighted by molar-refractivity contribution is 0.0533. The van der Waals surface area contributed by atoms with Gasteiger partial charge < -0.3 is 9.64 Å². The largest absolute Gasteiger partial charge is 0.381 e. The molecule has 0 aromatic rings. The van der Waals surface area contributed by atoms with Crippen LogP contribution in [0.4, 0.5) is 0 Å². The van der Waals surface area contributed by atoms with Crippen molar-refractivity contribution in [1.82, 2.24) is 9.80 Å². The molecule has 3 heteroatoms. The van der Waals surface area contributed by atoms with Crippen molar-refractivity contribution >= 4 is 0 Å². The number of nitrogens with zero attached hydrogens (tertiary/aromatic N) is 2. The molecule has 3 fully saturated rings. The van der Waals surface area contributed by atoms with E-state index < -0.39 is 0 Å². The second-order valence-electron chi connectivity index (χ2n) is 7.87. The SMILES string of the molecule is CC(C)(C)N1C[C@H]2CN(CC3CCOCC3)C[C@H]2C1. The van der Waals surface area contributed by atoms with Crippen LogP contribution in [0.2, 0.25) is 0 Å². The number of hydrogen-bond acceptors (Lipinski definition) is 3. The van der Waals surface area contributed by atoms with Gasteiger partial charge in [-0.3, -0.25) is 4.90 Å². The fraction of sp³-hybridized carbons (Fsp3) is 1.00. The van der Waals surface area contributed by atoms with E-state index in [1.807, 2.05) is 0 Å². The Balaban J connectivity index is 1.48. The molecule has 0 aromatic carbocycles. The number of rotatable bonds is 2. The van der Waals surface area contributed by atoms with Crippen LogP contribution < -0.4 is 0 Å². The molecule has 19 heavy (non-hydrogen) atoms. The molecule has 0 aliphatic carbocycles. The molecular formula is C16H30N2O. The first kappa shape index (κ1) is 13.8. The van der Waals surface area contributed by atoms with Crippen LogP contribution in [-0.4, -0.2) is 61.3 Å².